The highest BCUT2D eigenvalue weighted by atomic mass is 16.5. The Morgan fingerprint density at radius 2 is 1.61 bits per heavy atom. The third-order valence-corrected chi connectivity index (χ3v) is 5.73. The smallest absolute Gasteiger partial charge is 0.334 e. The summed E-state index contributed by atoms with van der Waals surface area (Å²) < 4.78 is 9.84. The van der Waals surface area contributed by atoms with Gasteiger partial charge in [0.25, 0.3) is 0 Å². The van der Waals surface area contributed by atoms with Crippen LogP contribution in [0.4, 0.5) is 0 Å². The summed E-state index contributed by atoms with van der Waals surface area (Å²) in [6.45, 7) is 3.57. The van der Waals surface area contributed by atoms with Crippen LogP contribution in [-0.4, -0.2) is 43.2 Å². The van der Waals surface area contributed by atoms with Gasteiger partial charge in [0.15, 0.2) is 0 Å². The Morgan fingerprint density at radius 3 is 2.14 bits per heavy atom. The maximum atomic E-state index is 12.5. The number of fused-ring (bicyclic) bond motifs is 2. The van der Waals surface area contributed by atoms with Crippen molar-refractivity contribution in [2.75, 3.05) is 14.2 Å². The van der Waals surface area contributed by atoms with Crippen molar-refractivity contribution in [1.29, 1.82) is 0 Å². The first-order chi connectivity index (χ1) is 13.3. The number of rotatable bonds is 5. The van der Waals surface area contributed by atoms with E-state index in [-0.39, 0.29) is 46.5 Å². The quantitative estimate of drug-likeness (QED) is 0.749. The number of hydrogen-bond acceptors (Lipinski definition) is 6. The highest BCUT2D eigenvalue weighted by molar-refractivity contribution is 6.03. The molecule has 1 fully saturated rings. The lowest BCUT2D eigenvalue weighted by Gasteiger charge is -2.34. The average molecular weight is 387 g/mol. The standard InChI is InChI=1S/C21H25NO6/c1-10(2)19(24)22-18-13-9-12(15(18)11-7-5-6-8-14(11)23)16(20(25)27-3)17(13)21(26)28-4/h5-8,10,12-13,15,18,23H,9H2,1-4H3,(H,22,24)/t12?,13-,15?,18+/m0/s1. The van der Waals surface area contributed by atoms with Gasteiger partial charge in [-0.05, 0) is 18.1 Å². The Bertz CT molecular complexity index is 843. The number of ether oxygens (including phenoxy) is 2. The zero-order valence-corrected chi connectivity index (χ0v) is 16.4. The van der Waals surface area contributed by atoms with Gasteiger partial charge in [-0.25, -0.2) is 9.59 Å². The van der Waals surface area contributed by atoms with Crippen LogP contribution in [0.2, 0.25) is 0 Å². The summed E-state index contributed by atoms with van der Waals surface area (Å²) in [7, 11) is 2.53. The molecule has 2 aliphatic rings. The third-order valence-electron chi connectivity index (χ3n) is 5.73. The van der Waals surface area contributed by atoms with Crippen molar-refractivity contribution in [3.63, 3.8) is 0 Å². The van der Waals surface area contributed by atoms with Crippen molar-refractivity contribution in [3.05, 3.63) is 41.0 Å². The van der Waals surface area contributed by atoms with Crippen LogP contribution in [0, 0.1) is 17.8 Å². The van der Waals surface area contributed by atoms with Gasteiger partial charge in [0.1, 0.15) is 5.75 Å². The highest BCUT2D eigenvalue weighted by Gasteiger charge is 2.57. The molecule has 1 aromatic carbocycles. The van der Waals surface area contributed by atoms with E-state index in [1.165, 1.54) is 14.2 Å². The van der Waals surface area contributed by atoms with E-state index >= 15 is 0 Å². The Morgan fingerprint density at radius 1 is 1.04 bits per heavy atom. The molecule has 28 heavy (non-hydrogen) atoms. The molecule has 0 saturated heterocycles. The fourth-order valence-corrected chi connectivity index (χ4v) is 4.51. The van der Waals surface area contributed by atoms with E-state index in [0.717, 1.165) is 0 Å². The minimum absolute atomic E-state index is 0.0904. The number of aromatic hydroxyl groups is 1. The Hall–Kier alpha value is -2.83. The number of phenols is 1. The SMILES string of the molecule is COC(=O)C1=C(C(=O)OC)[C@@H]2CC1C(c1ccccc1O)[C@@H]2NC(=O)C(C)C. The predicted molar refractivity (Wildman–Crippen MR) is 100 cm³/mol. The summed E-state index contributed by atoms with van der Waals surface area (Å²) in [6, 6.07) is 6.43. The second-order valence-electron chi connectivity index (χ2n) is 7.53. The van der Waals surface area contributed by atoms with Crippen molar-refractivity contribution in [2.24, 2.45) is 17.8 Å². The van der Waals surface area contributed by atoms with Gasteiger partial charge in [0, 0.05) is 29.7 Å². The maximum absolute atomic E-state index is 12.5. The van der Waals surface area contributed by atoms with Crippen molar-refractivity contribution < 1.29 is 29.0 Å². The lowest BCUT2D eigenvalue weighted by molar-refractivity contribution is -0.140. The van der Waals surface area contributed by atoms with Crippen molar-refractivity contribution in [1.82, 2.24) is 5.32 Å². The van der Waals surface area contributed by atoms with E-state index in [9.17, 15) is 19.5 Å². The molecule has 0 spiro atoms. The number of hydrogen-bond donors (Lipinski definition) is 2. The summed E-state index contributed by atoms with van der Waals surface area (Å²) in [5, 5.41) is 13.5. The van der Waals surface area contributed by atoms with Crippen LogP contribution in [0.25, 0.3) is 0 Å². The fraction of sp³-hybridized carbons (Fsp3) is 0.476. The fourth-order valence-electron chi connectivity index (χ4n) is 4.51. The highest BCUT2D eigenvalue weighted by Crippen LogP contribution is 2.57. The monoisotopic (exact) mass is 387 g/mol. The van der Waals surface area contributed by atoms with Crippen LogP contribution in [0.3, 0.4) is 0 Å². The Balaban J connectivity index is 2.14. The Labute approximate surface area is 163 Å². The third kappa shape index (κ3) is 3.15. The first kappa shape index (κ1) is 19.9. The van der Waals surface area contributed by atoms with Crippen molar-refractivity contribution in [3.8, 4) is 5.75 Å². The zero-order valence-electron chi connectivity index (χ0n) is 16.4. The van der Waals surface area contributed by atoms with Gasteiger partial charge < -0.3 is 19.9 Å². The molecule has 1 aromatic rings. The summed E-state index contributed by atoms with van der Waals surface area (Å²) in [4.78, 5) is 37.4. The van der Waals surface area contributed by atoms with Crippen molar-refractivity contribution >= 4 is 17.8 Å². The molecule has 1 saturated carbocycles. The number of phenolic OH excluding ortho intramolecular Hbond substituents is 1. The number of para-hydroxylation sites is 1. The van der Waals surface area contributed by atoms with Crippen LogP contribution in [0.5, 0.6) is 5.75 Å². The summed E-state index contributed by atoms with van der Waals surface area (Å²) in [5.74, 6) is -2.58. The van der Waals surface area contributed by atoms with Gasteiger partial charge in [0.05, 0.1) is 25.4 Å². The van der Waals surface area contributed by atoms with Gasteiger partial charge in [-0.3, -0.25) is 4.79 Å². The number of benzene rings is 1. The Kier molecular flexibility index (Phi) is 5.45. The van der Waals surface area contributed by atoms with E-state index < -0.39 is 18.0 Å². The topological polar surface area (TPSA) is 102 Å². The minimum atomic E-state index is -0.590. The second-order valence-corrected chi connectivity index (χ2v) is 7.53. The van der Waals surface area contributed by atoms with Gasteiger partial charge in [-0.15, -0.1) is 0 Å². The summed E-state index contributed by atoms with van der Waals surface area (Å²) >= 11 is 0. The van der Waals surface area contributed by atoms with E-state index in [1.54, 1.807) is 38.1 Å². The molecule has 150 valence electrons. The normalized spacial score (nSPS) is 25.8. The van der Waals surface area contributed by atoms with Gasteiger partial charge in [-0.1, -0.05) is 32.0 Å². The molecule has 4 atom stereocenters. The number of nitrogens with one attached hydrogen (secondary N) is 1. The van der Waals surface area contributed by atoms with Crippen molar-refractivity contribution in [2.45, 2.75) is 32.2 Å². The zero-order chi connectivity index (χ0) is 20.6. The lowest BCUT2D eigenvalue weighted by Crippen LogP contribution is -2.46. The molecule has 1 amide bonds. The number of esters is 2. The van der Waals surface area contributed by atoms with Gasteiger partial charge >= 0.3 is 11.9 Å². The van der Waals surface area contributed by atoms with Crippen LogP contribution < -0.4 is 5.32 Å². The van der Waals surface area contributed by atoms with E-state index in [1.807, 2.05) is 0 Å². The summed E-state index contributed by atoms with van der Waals surface area (Å²) in [5.41, 5.74) is 1.18. The average Bonchev–Trinajstić information content (AvgIpc) is 3.23. The molecule has 2 N–H and O–H groups in total. The van der Waals surface area contributed by atoms with E-state index in [4.69, 9.17) is 9.47 Å². The number of carbonyl (C=O) groups is 3. The molecule has 0 heterocycles. The van der Waals surface area contributed by atoms with Crippen LogP contribution in [0.1, 0.15) is 31.7 Å². The predicted octanol–water partition coefficient (Wildman–Crippen LogP) is 1.91. The molecule has 0 radical (unpaired) electrons. The molecule has 7 heteroatoms. The maximum Gasteiger partial charge on any atom is 0.334 e. The molecule has 0 aliphatic heterocycles. The molecule has 0 aromatic heterocycles. The first-order valence-corrected chi connectivity index (χ1v) is 9.30. The minimum Gasteiger partial charge on any atom is -0.508 e. The largest absolute Gasteiger partial charge is 0.508 e. The lowest BCUT2D eigenvalue weighted by atomic mass is 9.75. The van der Waals surface area contributed by atoms with Crippen LogP contribution in [0.15, 0.2) is 35.4 Å². The van der Waals surface area contributed by atoms with Gasteiger partial charge in [-0.2, -0.15) is 0 Å². The molecule has 7 nitrogen and oxygen atoms in total. The molecular weight excluding hydrogens is 362 g/mol. The second kappa shape index (κ2) is 7.66. The van der Waals surface area contributed by atoms with E-state index in [0.29, 0.717) is 12.0 Å². The molecule has 2 unspecified atom stereocenters. The molecule has 2 bridgehead atoms. The first-order valence-electron chi connectivity index (χ1n) is 9.30. The number of amides is 1. The number of carbonyl (C=O) groups excluding carboxylic acids is 3. The molecule has 3 rings (SSSR count). The van der Waals surface area contributed by atoms with Gasteiger partial charge in [0.2, 0.25) is 5.91 Å². The van der Waals surface area contributed by atoms with Crippen LogP contribution >= 0.6 is 0 Å². The van der Waals surface area contributed by atoms with E-state index in [2.05, 4.69) is 5.32 Å². The summed E-state index contributed by atoms with van der Waals surface area (Å²) in [6.07, 6.45) is 0.497. The van der Waals surface area contributed by atoms with Crippen LogP contribution in [-0.2, 0) is 23.9 Å². The molecular formula is C21H25NO6. The molecule has 2 aliphatic carbocycles. The number of methoxy groups -OCH3 is 2.